The molecule has 1 aliphatic carbocycles. The Balaban J connectivity index is 2.17. The molecule has 3 amide bonds. The Hall–Kier alpha value is -2.44. The van der Waals surface area contributed by atoms with Gasteiger partial charge < -0.3 is 16.4 Å². The number of halogens is 1. The summed E-state index contributed by atoms with van der Waals surface area (Å²) in [4.78, 5) is 36.8. The lowest BCUT2D eigenvalue weighted by Crippen LogP contribution is -2.50. The summed E-state index contributed by atoms with van der Waals surface area (Å²) in [6, 6.07) is 6.82. The van der Waals surface area contributed by atoms with Gasteiger partial charge in [0.1, 0.15) is 5.41 Å². The lowest BCUT2D eigenvalue weighted by molar-refractivity contribution is -0.141. The van der Waals surface area contributed by atoms with Crippen LogP contribution in [0.25, 0.3) is 0 Å². The van der Waals surface area contributed by atoms with Gasteiger partial charge in [-0.2, -0.15) is 0 Å². The van der Waals surface area contributed by atoms with E-state index in [0.717, 1.165) is 11.1 Å². The fourth-order valence-corrected chi connectivity index (χ4v) is 3.34. The number of carbonyl (C=O) groups excluding carboxylic acids is 3. The van der Waals surface area contributed by atoms with Gasteiger partial charge in [-0.15, -0.1) is 0 Å². The molecule has 154 valence electrons. The summed E-state index contributed by atoms with van der Waals surface area (Å²) in [6.45, 7) is 5.16. The second-order valence-electron chi connectivity index (χ2n) is 7.87. The fraction of sp³-hybridized carbons (Fsp3) is 0.571. The predicted molar refractivity (Wildman–Crippen MR) is 105 cm³/mol. The summed E-state index contributed by atoms with van der Waals surface area (Å²) in [5.41, 5.74) is 3.97. The Morgan fingerprint density at radius 3 is 2.29 bits per heavy atom. The van der Waals surface area contributed by atoms with Crippen LogP contribution in [0.2, 0.25) is 0 Å². The molecule has 6 nitrogen and oxygen atoms in total. The third kappa shape index (κ3) is 4.69. The minimum absolute atomic E-state index is 0.0343. The van der Waals surface area contributed by atoms with Crippen LogP contribution >= 0.6 is 0 Å². The first-order valence-electron chi connectivity index (χ1n) is 9.77. The summed E-state index contributed by atoms with van der Waals surface area (Å²) in [6.07, 6.45) is 2.04. The predicted octanol–water partition coefficient (Wildman–Crippen LogP) is 2.45. The third-order valence-corrected chi connectivity index (χ3v) is 5.81. The van der Waals surface area contributed by atoms with Gasteiger partial charge in [-0.1, -0.05) is 36.8 Å². The van der Waals surface area contributed by atoms with Crippen LogP contribution in [0.3, 0.4) is 0 Å². The van der Waals surface area contributed by atoms with Gasteiger partial charge in [-0.05, 0) is 51.5 Å². The zero-order chi connectivity index (χ0) is 20.9. The summed E-state index contributed by atoms with van der Waals surface area (Å²) in [5.74, 6) is -1.88. The Kier molecular flexibility index (Phi) is 6.80. The van der Waals surface area contributed by atoms with E-state index in [4.69, 9.17) is 5.73 Å². The number of hydrogen-bond acceptors (Lipinski definition) is 3. The molecular formula is C21H30FN3O3. The van der Waals surface area contributed by atoms with Crippen molar-refractivity contribution in [1.29, 1.82) is 0 Å². The highest BCUT2D eigenvalue weighted by atomic mass is 19.1. The lowest BCUT2D eigenvalue weighted by atomic mass is 9.85. The molecule has 1 fully saturated rings. The van der Waals surface area contributed by atoms with Crippen LogP contribution in [0.5, 0.6) is 0 Å². The van der Waals surface area contributed by atoms with Crippen molar-refractivity contribution >= 4 is 17.7 Å². The molecule has 7 heteroatoms. The number of nitrogens with one attached hydrogen (secondary N) is 2. The summed E-state index contributed by atoms with van der Waals surface area (Å²) < 4.78 is 14.8. The van der Waals surface area contributed by atoms with Gasteiger partial charge in [0.05, 0.1) is 6.04 Å². The van der Waals surface area contributed by atoms with Crippen molar-refractivity contribution in [2.24, 2.45) is 11.1 Å². The molecule has 28 heavy (non-hydrogen) atoms. The molecule has 1 aliphatic rings. The zero-order valence-electron chi connectivity index (χ0n) is 16.8. The van der Waals surface area contributed by atoms with Gasteiger partial charge >= 0.3 is 0 Å². The first-order chi connectivity index (χ1) is 13.1. The average molecular weight is 391 g/mol. The maximum atomic E-state index is 14.8. The van der Waals surface area contributed by atoms with Gasteiger partial charge in [0, 0.05) is 6.54 Å². The standard InChI is InChI=1S/C21H30FN3O3/c1-4-20(3,17(23)26)18(27)24-13-16(15-9-7-14(2)8-10-15)25-19(28)21(22)11-5-6-12-21/h7-10,16H,4-6,11-13H2,1-3H3,(H2,23,26)(H,24,27)(H,25,28). The summed E-state index contributed by atoms with van der Waals surface area (Å²) >= 11 is 0. The van der Waals surface area contributed by atoms with Gasteiger partial charge in [0.25, 0.3) is 5.91 Å². The second-order valence-corrected chi connectivity index (χ2v) is 7.87. The molecule has 0 aliphatic heterocycles. The number of amides is 3. The van der Waals surface area contributed by atoms with E-state index in [1.807, 2.05) is 31.2 Å². The minimum atomic E-state index is -1.86. The second kappa shape index (κ2) is 8.71. The Morgan fingerprint density at radius 2 is 1.79 bits per heavy atom. The number of rotatable bonds is 8. The Labute approximate surface area is 165 Å². The van der Waals surface area contributed by atoms with Crippen molar-refractivity contribution in [2.45, 2.75) is 64.6 Å². The highest BCUT2D eigenvalue weighted by Gasteiger charge is 2.42. The van der Waals surface area contributed by atoms with E-state index in [9.17, 15) is 18.8 Å². The monoisotopic (exact) mass is 391 g/mol. The van der Waals surface area contributed by atoms with Crippen LogP contribution in [0.1, 0.15) is 63.1 Å². The average Bonchev–Trinajstić information content (AvgIpc) is 3.12. The van der Waals surface area contributed by atoms with Gasteiger partial charge in [0.2, 0.25) is 11.8 Å². The lowest BCUT2D eigenvalue weighted by Gasteiger charge is -2.27. The molecule has 0 aromatic heterocycles. The number of nitrogens with two attached hydrogens (primary N) is 1. The molecular weight excluding hydrogens is 361 g/mol. The van der Waals surface area contributed by atoms with E-state index in [1.54, 1.807) is 6.92 Å². The third-order valence-electron chi connectivity index (χ3n) is 5.81. The van der Waals surface area contributed by atoms with Gasteiger partial charge in [-0.25, -0.2) is 4.39 Å². The fourth-order valence-electron chi connectivity index (χ4n) is 3.34. The first kappa shape index (κ1) is 21.9. The van der Waals surface area contributed by atoms with Crippen LogP contribution < -0.4 is 16.4 Å². The molecule has 2 unspecified atom stereocenters. The molecule has 1 aromatic rings. The minimum Gasteiger partial charge on any atom is -0.369 e. The molecule has 0 saturated heterocycles. The molecule has 0 bridgehead atoms. The smallest absolute Gasteiger partial charge is 0.258 e. The van der Waals surface area contributed by atoms with Crippen LogP contribution in [0, 0.1) is 12.3 Å². The van der Waals surface area contributed by atoms with Crippen LogP contribution in [-0.2, 0) is 14.4 Å². The quantitative estimate of drug-likeness (QED) is 0.593. The largest absolute Gasteiger partial charge is 0.369 e. The van der Waals surface area contributed by atoms with Crippen molar-refractivity contribution in [1.82, 2.24) is 10.6 Å². The molecule has 2 atom stereocenters. The number of hydrogen-bond donors (Lipinski definition) is 3. The maximum absolute atomic E-state index is 14.8. The molecule has 0 radical (unpaired) electrons. The van der Waals surface area contributed by atoms with Crippen LogP contribution in [-0.4, -0.2) is 29.9 Å². The topological polar surface area (TPSA) is 101 Å². The van der Waals surface area contributed by atoms with Crippen molar-refractivity contribution in [3.8, 4) is 0 Å². The molecule has 0 spiro atoms. The normalized spacial score (nSPS) is 18.7. The Morgan fingerprint density at radius 1 is 1.21 bits per heavy atom. The van der Waals surface area contributed by atoms with Crippen molar-refractivity contribution in [3.05, 3.63) is 35.4 Å². The van der Waals surface area contributed by atoms with Crippen LogP contribution in [0.15, 0.2) is 24.3 Å². The van der Waals surface area contributed by atoms with Crippen LogP contribution in [0.4, 0.5) is 4.39 Å². The van der Waals surface area contributed by atoms with E-state index in [2.05, 4.69) is 10.6 Å². The van der Waals surface area contributed by atoms with E-state index < -0.39 is 34.8 Å². The molecule has 0 heterocycles. The highest BCUT2D eigenvalue weighted by molar-refractivity contribution is 6.03. The molecule has 4 N–H and O–H groups in total. The van der Waals surface area contributed by atoms with E-state index in [1.165, 1.54) is 6.92 Å². The number of carbonyl (C=O) groups is 3. The molecule has 2 rings (SSSR count). The first-order valence-corrected chi connectivity index (χ1v) is 9.77. The van der Waals surface area contributed by atoms with Crippen molar-refractivity contribution in [3.63, 3.8) is 0 Å². The number of alkyl halides is 1. The van der Waals surface area contributed by atoms with Gasteiger partial charge in [0.15, 0.2) is 5.67 Å². The van der Waals surface area contributed by atoms with E-state index in [0.29, 0.717) is 12.8 Å². The van der Waals surface area contributed by atoms with E-state index >= 15 is 0 Å². The highest BCUT2D eigenvalue weighted by Crippen LogP contribution is 2.34. The molecule has 1 saturated carbocycles. The van der Waals surface area contributed by atoms with E-state index in [-0.39, 0.29) is 25.8 Å². The van der Waals surface area contributed by atoms with Gasteiger partial charge in [-0.3, -0.25) is 14.4 Å². The molecule has 1 aromatic carbocycles. The maximum Gasteiger partial charge on any atom is 0.258 e. The van der Waals surface area contributed by atoms with Crippen molar-refractivity contribution in [2.75, 3.05) is 6.54 Å². The summed E-state index contributed by atoms with van der Waals surface area (Å²) in [7, 11) is 0. The number of primary amides is 1. The zero-order valence-corrected chi connectivity index (χ0v) is 16.8. The number of benzene rings is 1. The number of aryl methyl sites for hydroxylation is 1. The summed E-state index contributed by atoms with van der Waals surface area (Å²) in [5, 5.41) is 5.44. The SMILES string of the molecule is CCC(C)(C(N)=O)C(=O)NCC(NC(=O)C1(F)CCCC1)c1ccc(C)cc1. The Bertz CT molecular complexity index is 729. The van der Waals surface area contributed by atoms with Crippen molar-refractivity contribution < 1.29 is 18.8 Å².